The minimum Gasteiger partial charge on any atom is -0.355 e. The molecule has 0 radical (unpaired) electrons. The van der Waals surface area contributed by atoms with Gasteiger partial charge in [0.1, 0.15) is 18.4 Å². The Kier molecular flexibility index (Phi) is 10.8. The normalized spacial score (nSPS) is 11.9. The first kappa shape index (κ1) is 32.7. The molecule has 44 heavy (non-hydrogen) atoms. The molecule has 2 amide bonds. The van der Waals surface area contributed by atoms with E-state index in [1.54, 1.807) is 50.2 Å². The van der Waals surface area contributed by atoms with Crippen molar-refractivity contribution in [2.75, 3.05) is 17.4 Å². The SMILES string of the molecule is CCNC(=O)[C@@H](Cc1ccccc1)N(Cc1ccccc1F)C(=O)CN(c1cccc(Cl)c1C)S(=O)(=O)c1ccc(C)cc1. The number of hydrogen-bond acceptors (Lipinski definition) is 4. The number of likely N-dealkylation sites (N-methyl/N-ethyl adjacent to an activating group) is 1. The third-order valence-corrected chi connectivity index (χ3v) is 9.50. The maximum atomic E-state index is 15.0. The Balaban J connectivity index is 1.84. The Morgan fingerprint density at radius 2 is 1.55 bits per heavy atom. The van der Waals surface area contributed by atoms with E-state index >= 15 is 0 Å². The van der Waals surface area contributed by atoms with Crippen LogP contribution in [-0.4, -0.2) is 44.3 Å². The predicted molar refractivity (Wildman–Crippen MR) is 171 cm³/mol. The summed E-state index contributed by atoms with van der Waals surface area (Å²) in [5.41, 5.74) is 2.52. The minimum absolute atomic E-state index is 0.0134. The van der Waals surface area contributed by atoms with Gasteiger partial charge in [0.2, 0.25) is 11.8 Å². The highest BCUT2D eigenvalue weighted by Gasteiger charge is 2.35. The van der Waals surface area contributed by atoms with Crippen molar-refractivity contribution in [2.24, 2.45) is 0 Å². The molecule has 1 N–H and O–H groups in total. The third-order valence-electron chi connectivity index (χ3n) is 7.32. The molecule has 0 spiro atoms. The Bertz CT molecular complexity index is 1720. The molecule has 4 aromatic carbocycles. The summed E-state index contributed by atoms with van der Waals surface area (Å²) >= 11 is 6.40. The summed E-state index contributed by atoms with van der Waals surface area (Å²) < 4.78 is 44.3. The predicted octanol–water partition coefficient (Wildman–Crippen LogP) is 6.07. The number of rotatable bonds is 12. The van der Waals surface area contributed by atoms with E-state index in [2.05, 4.69) is 5.32 Å². The van der Waals surface area contributed by atoms with Crippen molar-refractivity contribution in [3.63, 3.8) is 0 Å². The largest absolute Gasteiger partial charge is 0.355 e. The second kappa shape index (κ2) is 14.5. The molecule has 0 fully saturated rings. The van der Waals surface area contributed by atoms with Gasteiger partial charge in [-0.2, -0.15) is 0 Å². The van der Waals surface area contributed by atoms with E-state index in [9.17, 15) is 22.4 Å². The van der Waals surface area contributed by atoms with E-state index < -0.39 is 40.2 Å². The molecule has 0 aromatic heterocycles. The summed E-state index contributed by atoms with van der Waals surface area (Å²) in [6, 6.07) is 25.2. The van der Waals surface area contributed by atoms with E-state index in [1.165, 1.54) is 35.2 Å². The van der Waals surface area contributed by atoms with Gasteiger partial charge in [-0.05, 0) is 62.2 Å². The molecule has 1 atom stereocenters. The van der Waals surface area contributed by atoms with Crippen LogP contribution in [0.1, 0.15) is 29.2 Å². The van der Waals surface area contributed by atoms with Gasteiger partial charge in [0.15, 0.2) is 0 Å². The number of benzene rings is 4. The zero-order valence-electron chi connectivity index (χ0n) is 24.8. The Hall–Kier alpha value is -4.21. The van der Waals surface area contributed by atoms with Crippen molar-refractivity contribution in [1.29, 1.82) is 0 Å². The van der Waals surface area contributed by atoms with Gasteiger partial charge in [0.25, 0.3) is 10.0 Å². The molecule has 4 rings (SSSR count). The number of anilines is 1. The summed E-state index contributed by atoms with van der Waals surface area (Å²) in [7, 11) is -4.28. The molecular formula is C34H35ClFN3O4S. The van der Waals surface area contributed by atoms with Crippen LogP contribution in [0.2, 0.25) is 5.02 Å². The number of nitrogens with zero attached hydrogens (tertiary/aromatic N) is 2. The molecule has 0 aliphatic heterocycles. The lowest BCUT2D eigenvalue weighted by molar-refractivity contribution is -0.140. The first-order valence-electron chi connectivity index (χ1n) is 14.2. The molecule has 0 aliphatic rings. The van der Waals surface area contributed by atoms with Gasteiger partial charge in [-0.3, -0.25) is 13.9 Å². The van der Waals surface area contributed by atoms with E-state index in [4.69, 9.17) is 11.6 Å². The van der Waals surface area contributed by atoms with Crippen molar-refractivity contribution in [2.45, 2.75) is 44.7 Å². The molecule has 0 unspecified atom stereocenters. The molecule has 7 nitrogen and oxygen atoms in total. The second-order valence-corrected chi connectivity index (χ2v) is 12.7. The highest BCUT2D eigenvalue weighted by molar-refractivity contribution is 7.92. The Morgan fingerprint density at radius 1 is 0.886 bits per heavy atom. The molecule has 4 aromatic rings. The number of carbonyl (C=O) groups is 2. The van der Waals surface area contributed by atoms with Crippen LogP contribution < -0.4 is 9.62 Å². The fraction of sp³-hybridized carbons (Fsp3) is 0.235. The summed E-state index contributed by atoms with van der Waals surface area (Å²) in [6.07, 6.45) is 0.133. The van der Waals surface area contributed by atoms with Gasteiger partial charge in [0.05, 0.1) is 10.6 Å². The number of aryl methyl sites for hydroxylation is 1. The fourth-order valence-electron chi connectivity index (χ4n) is 4.87. The van der Waals surface area contributed by atoms with Crippen LogP contribution in [0.4, 0.5) is 10.1 Å². The van der Waals surface area contributed by atoms with Gasteiger partial charge >= 0.3 is 0 Å². The number of sulfonamides is 1. The smallest absolute Gasteiger partial charge is 0.264 e. The van der Waals surface area contributed by atoms with Crippen molar-refractivity contribution < 1.29 is 22.4 Å². The molecule has 0 saturated carbocycles. The maximum Gasteiger partial charge on any atom is 0.264 e. The average Bonchev–Trinajstić information content (AvgIpc) is 3.01. The molecule has 230 valence electrons. The molecule has 0 heterocycles. The van der Waals surface area contributed by atoms with Crippen LogP contribution in [0.5, 0.6) is 0 Å². The number of amides is 2. The van der Waals surface area contributed by atoms with Crippen LogP contribution in [0, 0.1) is 19.7 Å². The summed E-state index contributed by atoms with van der Waals surface area (Å²) in [5.74, 6) is -1.67. The standard InChI is InChI=1S/C34H35ClFN3O4S/c1-4-37-34(41)32(21-26-11-6-5-7-12-26)38(22-27-13-8-9-15-30(27)36)33(40)23-39(31-16-10-14-29(35)25(31)3)44(42,43)28-19-17-24(2)18-20-28/h5-20,32H,4,21-23H2,1-3H3,(H,37,41)/t32-/m1/s1. The van der Waals surface area contributed by atoms with E-state index in [1.807, 2.05) is 37.3 Å². The van der Waals surface area contributed by atoms with Crippen molar-refractivity contribution in [1.82, 2.24) is 10.2 Å². The lowest BCUT2D eigenvalue weighted by atomic mass is 10.0. The lowest BCUT2D eigenvalue weighted by Gasteiger charge is -2.34. The number of carbonyl (C=O) groups excluding carboxylic acids is 2. The maximum absolute atomic E-state index is 15.0. The highest BCUT2D eigenvalue weighted by Crippen LogP contribution is 2.31. The fourth-order valence-corrected chi connectivity index (χ4v) is 6.51. The van der Waals surface area contributed by atoms with Gasteiger partial charge < -0.3 is 10.2 Å². The number of nitrogens with one attached hydrogen (secondary N) is 1. The minimum atomic E-state index is -4.28. The molecule has 0 aliphatic carbocycles. The highest BCUT2D eigenvalue weighted by atomic mass is 35.5. The van der Waals surface area contributed by atoms with E-state index in [0.717, 1.165) is 15.4 Å². The van der Waals surface area contributed by atoms with Gasteiger partial charge in [0, 0.05) is 30.1 Å². The first-order valence-corrected chi connectivity index (χ1v) is 16.0. The third kappa shape index (κ3) is 7.65. The van der Waals surface area contributed by atoms with E-state index in [0.29, 0.717) is 17.1 Å². The van der Waals surface area contributed by atoms with Crippen LogP contribution in [0.3, 0.4) is 0 Å². The van der Waals surface area contributed by atoms with Crippen molar-refractivity contribution in [3.05, 3.63) is 130 Å². The molecular weight excluding hydrogens is 601 g/mol. The number of hydrogen-bond donors (Lipinski definition) is 1. The lowest BCUT2D eigenvalue weighted by Crippen LogP contribution is -2.53. The van der Waals surface area contributed by atoms with Gasteiger partial charge in [-0.25, -0.2) is 12.8 Å². The van der Waals surface area contributed by atoms with Gasteiger partial charge in [-0.1, -0.05) is 83.9 Å². The molecule has 10 heteroatoms. The second-order valence-electron chi connectivity index (χ2n) is 10.4. The summed E-state index contributed by atoms with van der Waals surface area (Å²) in [5, 5.41) is 3.11. The molecule has 0 saturated heterocycles. The topological polar surface area (TPSA) is 86.8 Å². The van der Waals surface area contributed by atoms with Crippen LogP contribution in [0.15, 0.2) is 102 Å². The first-order chi connectivity index (χ1) is 21.0. The zero-order chi connectivity index (χ0) is 31.9. The van der Waals surface area contributed by atoms with Crippen LogP contribution >= 0.6 is 11.6 Å². The average molecular weight is 636 g/mol. The van der Waals surface area contributed by atoms with E-state index in [-0.39, 0.29) is 29.1 Å². The van der Waals surface area contributed by atoms with Crippen molar-refractivity contribution in [3.8, 4) is 0 Å². The summed E-state index contributed by atoms with van der Waals surface area (Å²) in [6.45, 7) is 4.67. The quantitative estimate of drug-likeness (QED) is 0.205. The van der Waals surface area contributed by atoms with Crippen LogP contribution in [0.25, 0.3) is 0 Å². The molecule has 0 bridgehead atoms. The Morgan fingerprint density at radius 3 is 2.20 bits per heavy atom. The monoisotopic (exact) mass is 635 g/mol. The van der Waals surface area contributed by atoms with Gasteiger partial charge in [-0.15, -0.1) is 0 Å². The Labute approximate surface area is 263 Å². The zero-order valence-corrected chi connectivity index (χ0v) is 26.4. The number of halogens is 2. The van der Waals surface area contributed by atoms with Crippen LogP contribution in [-0.2, 0) is 32.6 Å². The summed E-state index contributed by atoms with van der Waals surface area (Å²) in [4.78, 5) is 29.2. The van der Waals surface area contributed by atoms with Crippen molar-refractivity contribution >= 4 is 39.1 Å².